The molecule has 0 spiro atoms. The fraction of sp³-hybridized carbons (Fsp3) is 0.421. The largest absolute Gasteiger partial charge is 0.339 e. The molecule has 1 aromatic carbocycles. The lowest BCUT2D eigenvalue weighted by atomic mass is 10.0. The first-order chi connectivity index (χ1) is 12.1. The number of aromatic nitrogens is 2. The predicted molar refractivity (Wildman–Crippen MR) is 93.2 cm³/mol. The van der Waals surface area contributed by atoms with E-state index in [9.17, 15) is 14.0 Å². The van der Waals surface area contributed by atoms with Crippen LogP contribution in [0.15, 0.2) is 29.1 Å². The Kier molecular flexibility index (Phi) is 5.26. The van der Waals surface area contributed by atoms with Crippen LogP contribution in [-0.4, -0.2) is 34.1 Å². The number of piperidine rings is 1. The Labute approximate surface area is 145 Å². The summed E-state index contributed by atoms with van der Waals surface area (Å²) in [4.78, 5) is 25.9. The molecule has 0 radical (unpaired) electrons. The minimum atomic E-state index is -0.497. The first-order valence-corrected chi connectivity index (χ1v) is 8.73. The molecule has 1 fully saturated rings. The molecule has 1 aromatic heterocycles. The van der Waals surface area contributed by atoms with E-state index in [0.717, 1.165) is 24.8 Å². The average molecular weight is 343 g/mol. The second-order valence-corrected chi connectivity index (χ2v) is 6.41. The van der Waals surface area contributed by atoms with E-state index in [2.05, 4.69) is 10.2 Å². The summed E-state index contributed by atoms with van der Waals surface area (Å²) in [5, 5.41) is 6.53. The zero-order valence-electron chi connectivity index (χ0n) is 14.3. The van der Waals surface area contributed by atoms with Crippen molar-refractivity contribution in [2.45, 2.75) is 39.0 Å². The van der Waals surface area contributed by atoms with Gasteiger partial charge in [-0.2, -0.15) is 5.10 Å². The van der Waals surface area contributed by atoms with Crippen molar-refractivity contribution in [3.05, 3.63) is 62.8 Å². The Balaban J connectivity index is 1.83. The van der Waals surface area contributed by atoms with Gasteiger partial charge < -0.3 is 4.90 Å². The summed E-state index contributed by atoms with van der Waals surface area (Å²) < 4.78 is 14.2. The quantitative estimate of drug-likeness (QED) is 0.928. The number of likely N-dealkylation sites (tertiary alicyclic amines) is 1. The summed E-state index contributed by atoms with van der Waals surface area (Å²) in [7, 11) is 0. The van der Waals surface area contributed by atoms with Crippen LogP contribution in [0.1, 0.15) is 53.4 Å². The van der Waals surface area contributed by atoms with Gasteiger partial charge in [-0.3, -0.25) is 9.59 Å². The molecular weight excluding hydrogens is 321 g/mol. The topological polar surface area (TPSA) is 66.1 Å². The normalized spacial score (nSPS) is 14.6. The first kappa shape index (κ1) is 17.3. The minimum absolute atomic E-state index is 0.111. The number of H-pyrrole nitrogens is 1. The van der Waals surface area contributed by atoms with Crippen molar-refractivity contribution in [2.24, 2.45) is 0 Å². The van der Waals surface area contributed by atoms with E-state index >= 15 is 0 Å². The summed E-state index contributed by atoms with van der Waals surface area (Å²) >= 11 is 0. The van der Waals surface area contributed by atoms with Crippen LogP contribution >= 0.6 is 0 Å². The highest BCUT2D eigenvalue weighted by Crippen LogP contribution is 2.18. The molecule has 1 saturated heterocycles. The van der Waals surface area contributed by atoms with E-state index in [4.69, 9.17) is 0 Å². The van der Waals surface area contributed by atoms with Gasteiger partial charge in [0.25, 0.3) is 11.5 Å². The highest BCUT2D eigenvalue weighted by molar-refractivity contribution is 5.94. The van der Waals surface area contributed by atoms with Crippen molar-refractivity contribution in [3.8, 4) is 0 Å². The van der Waals surface area contributed by atoms with Gasteiger partial charge in [0.05, 0.1) is 11.3 Å². The van der Waals surface area contributed by atoms with Gasteiger partial charge in [-0.05, 0) is 49.4 Å². The van der Waals surface area contributed by atoms with E-state index < -0.39 is 5.82 Å². The first-order valence-electron chi connectivity index (χ1n) is 8.73. The number of rotatable bonds is 4. The van der Waals surface area contributed by atoms with Crippen LogP contribution in [-0.2, 0) is 12.8 Å². The Bertz CT molecular complexity index is 826. The Morgan fingerprint density at radius 2 is 2.00 bits per heavy atom. The lowest BCUT2D eigenvalue weighted by molar-refractivity contribution is 0.0719. The molecule has 2 aromatic rings. The van der Waals surface area contributed by atoms with Crippen LogP contribution in [0.2, 0.25) is 0 Å². The molecule has 1 amide bonds. The average Bonchev–Trinajstić information content (AvgIpc) is 2.65. The number of carbonyl (C=O) groups excluding carboxylic acids is 1. The number of hydrogen-bond donors (Lipinski definition) is 1. The van der Waals surface area contributed by atoms with Crippen LogP contribution in [0.4, 0.5) is 4.39 Å². The number of halogens is 1. The molecule has 0 atom stereocenters. The van der Waals surface area contributed by atoms with Gasteiger partial charge in [0, 0.05) is 25.1 Å². The van der Waals surface area contributed by atoms with Gasteiger partial charge in [-0.15, -0.1) is 0 Å². The van der Waals surface area contributed by atoms with Gasteiger partial charge in [-0.25, -0.2) is 9.49 Å². The number of hydrogen-bond acceptors (Lipinski definition) is 3. The number of nitrogens with zero attached hydrogens (tertiary/aromatic N) is 2. The highest BCUT2D eigenvalue weighted by atomic mass is 19.1. The number of benzene rings is 1. The van der Waals surface area contributed by atoms with Crippen LogP contribution in [0.25, 0.3) is 0 Å². The molecule has 0 saturated carbocycles. The van der Waals surface area contributed by atoms with Gasteiger partial charge >= 0.3 is 0 Å². The molecule has 3 rings (SSSR count). The van der Waals surface area contributed by atoms with Crippen LogP contribution in [0, 0.1) is 5.82 Å². The van der Waals surface area contributed by atoms with Gasteiger partial charge in [-0.1, -0.05) is 13.0 Å². The van der Waals surface area contributed by atoms with E-state index in [0.29, 0.717) is 37.2 Å². The molecule has 2 heterocycles. The van der Waals surface area contributed by atoms with Gasteiger partial charge in [0.2, 0.25) is 0 Å². The monoisotopic (exact) mass is 343 g/mol. The third kappa shape index (κ3) is 3.95. The van der Waals surface area contributed by atoms with Gasteiger partial charge in [0.15, 0.2) is 0 Å². The molecule has 25 heavy (non-hydrogen) atoms. The maximum absolute atomic E-state index is 14.2. The maximum Gasteiger partial charge on any atom is 0.267 e. The summed E-state index contributed by atoms with van der Waals surface area (Å²) in [6.07, 6.45) is 4.10. The summed E-state index contributed by atoms with van der Waals surface area (Å²) in [5.41, 5.74) is 2.07. The summed E-state index contributed by atoms with van der Waals surface area (Å²) in [5.74, 6) is -0.745. The van der Waals surface area contributed by atoms with E-state index in [1.165, 1.54) is 6.07 Å². The molecule has 6 heteroatoms. The van der Waals surface area contributed by atoms with Crippen molar-refractivity contribution in [3.63, 3.8) is 0 Å². The van der Waals surface area contributed by atoms with Crippen molar-refractivity contribution in [1.29, 1.82) is 0 Å². The van der Waals surface area contributed by atoms with Crippen molar-refractivity contribution >= 4 is 5.91 Å². The zero-order valence-corrected chi connectivity index (χ0v) is 14.3. The molecule has 1 N–H and O–H groups in total. The summed E-state index contributed by atoms with van der Waals surface area (Å²) in [6.45, 7) is 3.27. The Morgan fingerprint density at radius 1 is 1.24 bits per heavy atom. The molecule has 5 nitrogen and oxygen atoms in total. The lowest BCUT2D eigenvalue weighted by Gasteiger charge is -2.27. The van der Waals surface area contributed by atoms with E-state index in [-0.39, 0.29) is 17.0 Å². The van der Waals surface area contributed by atoms with Crippen molar-refractivity contribution in [1.82, 2.24) is 15.1 Å². The standard InChI is InChI=1S/C19H22FN3O2/c1-2-14-12-15(21-22-18(14)24)10-13-6-7-17(20)16(11-13)19(25)23-8-4-3-5-9-23/h6-7,11-12H,2-5,8-10H2,1H3,(H,22,24). The molecular formula is C19H22FN3O2. The predicted octanol–water partition coefficient (Wildman–Crippen LogP) is 2.69. The zero-order chi connectivity index (χ0) is 17.8. The fourth-order valence-corrected chi connectivity index (χ4v) is 3.17. The smallest absolute Gasteiger partial charge is 0.267 e. The molecule has 0 unspecified atom stereocenters. The fourth-order valence-electron chi connectivity index (χ4n) is 3.17. The molecule has 132 valence electrons. The number of amides is 1. The minimum Gasteiger partial charge on any atom is -0.339 e. The van der Waals surface area contributed by atoms with Crippen LogP contribution < -0.4 is 5.56 Å². The Morgan fingerprint density at radius 3 is 2.72 bits per heavy atom. The van der Waals surface area contributed by atoms with E-state index in [1.54, 1.807) is 23.1 Å². The maximum atomic E-state index is 14.2. The molecule has 0 aliphatic carbocycles. The Hall–Kier alpha value is -2.50. The van der Waals surface area contributed by atoms with Crippen molar-refractivity contribution in [2.75, 3.05) is 13.1 Å². The lowest BCUT2D eigenvalue weighted by Crippen LogP contribution is -2.36. The number of carbonyl (C=O) groups is 1. The number of aryl methyl sites for hydroxylation is 1. The second-order valence-electron chi connectivity index (χ2n) is 6.41. The van der Waals surface area contributed by atoms with Gasteiger partial charge in [0.1, 0.15) is 5.82 Å². The second kappa shape index (κ2) is 7.59. The number of aromatic amines is 1. The molecule has 0 bridgehead atoms. The third-order valence-electron chi connectivity index (χ3n) is 4.60. The molecule has 1 aliphatic heterocycles. The molecule has 1 aliphatic rings. The number of nitrogens with one attached hydrogen (secondary N) is 1. The van der Waals surface area contributed by atoms with Crippen LogP contribution in [0.3, 0.4) is 0 Å². The van der Waals surface area contributed by atoms with Crippen molar-refractivity contribution < 1.29 is 9.18 Å². The summed E-state index contributed by atoms with van der Waals surface area (Å²) in [6, 6.07) is 6.35. The van der Waals surface area contributed by atoms with Crippen LogP contribution in [0.5, 0.6) is 0 Å². The SMILES string of the molecule is CCc1cc(Cc2ccc(F)c(C(=O)N3CCCCC3)c2)n[nH]c1=O. The van der Waals surface area contributed by atoms with E-state index in [1.807, 2.05) is 6.92 Å². The third-order valence-corrected chi connectivity index (χ3v) is 4.60. The highest BCUT2D eigenvalue weighted by Gasteiger charge is 2.21.